The molecular formula is C13H34N2O3Si2. The predicted molar refractivity (Wildman–Crippen MR) is 89.0 cm³/mol. The summed E-state index contributed by atoms with van der Waals surface area (Å²) >= 11 is 0. The molecule has 0 bridgehead atoms. The maximum absolute atomic E-state index is 5.69. The van der Waals surface area contributed by atoms with Crippen LogP contribution in [0.4, 0.5) is 0 Å². The highest BCUT2D eigenvalue weighted by atomic mass is 28.4. The Morgan fingerprint density at radius 2 is 1.00 bits per heavy atom. The zero-order chi connectivity index (χ0) is 15.8. The van der Waals surface area contributed by atoms with Crippen LogP contribution in [0.25, 0.3) is 0 Å². The Kier molecular flexibility index (Phi) is 9.40. The number of hydrogen-bond acceptors (Lipinski definition) is 5. The van der Waals surface area contributed by atoms with Crippen LogP contribution >= 0.6 is 0 Å². The van der Waals surface area contributed by atoms with Gasteiger partial charge in [-0.05, 0) is 32.7 Å². The van der Waals surface area contributed by atoms with Crippen molar-refractivity contribution >= 4 is 17.2 Å². The van der Waals surface area contributed by atoms with E-state index in [0.717, 1.165) is 31.8 Å². The van der Waals surface area contributed by atoms with Crippen molar-refractivity contribution in [2.24, 2.45) is 0 Å². The van der Waals surface area contributed by atoms with Crippen LogP contribution in [-0.4, -0.2) is 73.8 Å². The fourth-order valence-corrected chi connectivity index (χ4v) is 13.5. The van der Waals surface area contributed by atoms with Gasteiger partial charge in [-0.1, -0.05) is 27.7 Å². The van der Waals surface area contributed by atoms with Gasteiger partial charge in [-0.2, -0.15) is 0 Å². The first-order chi connectivity index (χ1) is 9.43. The summed E-state index contributed by atoms with van der Waals surface area (Å²) in [6, 6.07) is 0. The number of hydrogen-bond donors (Lipinski definition) is 0. The number of rotatable bonds is 11. The lowest BCUT2D eigenvalue weighted by molar-refractivity contribution is 0.126. The average molecular weight is 323 g/mol. The van der Waals surface area contributed by atoms with Gasteiger partial charge in [0.2, 0.25) is 8.40 Å². The maximum atomic E-state index is 5.69. The molecular weight excluding hydrogens is 288 g/mol. The van der Waals surface area contributed by atoms with E-state index in [4.69, 9.17) is 13.3 Å². The van der Waals surface area contributed by atoms with Crippen molar-refractivity contribution < 1.29 is 13.3 Å². The van der Waals surface area contributed by atoms with E-state index in [1.54, 1.807) is 21.3 Å². The van der Waals surface area contributed by atoms with Crippen LogP contribution in [0.15, 0.2) is 0 Å². The molecule has 0 unspecified atom stereocenters. The van der Waals surface area contributed by atoms with E-state index >= 15 is 0 Å². The second-order valence-electron chi connectivity index (χ2n) is 5.03. The van der Waals surface area contributed by atoms with Gasteiger partial charge in [0.05, 0.1) is 0 Å². The van der Waals surface area contributed by atoms with Crippen molar-refractivity contribution in [3.05, 3.63) is 0 Å². The molecule has 0 aliphatic carbocycles. The largest absolute Gasteiger partial charge is 0.499 e. The highest BCUT2D eigenvalue weighted by molar-refractivity contribution is 6.86. The molecule has 0 amide bonds. The number of nitrogens with zero attached hydrogens (tertiary/aromatic N) is 2. The first kappa shape index (κ1) is 20.2. The van der Waals surface area contributed by atoms with Gasteiger partial charge in [0.25, 0.3) is 0 Å². The van der Waals surface area contributed by atoms with Crippen LogP contribution < -0.4 is 0 Å². The third-order valence-electron chi connectivity index (χ3n) is 4.37. The maximum Gasteiger partial charge on any atom is 0.499 e. The lowest BCUT2D eigenvalue weighted by Gasteiger charge is -2.47. The summed E-state index contributed by atoms with van der Waals surface area (Å²) < 4.78 is 22.3. The standard InChI is InChI=1S/C13H34N2O3Si2/c1-9-14(10-2)19(8,15(11-3)12-4)13-20(16-5,17-6)18-7/h9-13H2,1-8H3. The van der Waals surface area contributed by atoms with Crippen LogP contribution in [-0.2, 0) is 13.3 Å². The first-order valence-electron chi connectivity index (χ1n) is 7.58. The van der Waals surface area contributed by atoms with Crippen molar-refractivity contribution in [1.82, 2.24) is 9.13 Å². The highest BCUT2D eigenvalue weighted by Gasteiger charge is 2.51. The van der Waals surface area contributed by atoms with Gasteiger partial charge in [0.1, 0.15) is 0 Å². The smallest absolute Gasteiger partial charge is 0.377 e. The minimum Gasteiger partial charge on any atom is -0.377 e. The second-order valence-corrected chi connectivity index (χ2v) is 12.7. The minimum absolute atomic E-state index is 0.896. The SMILES string of the molecule is CCN(CC)[Si](C)(C[Si](OC)(OC)OC)N(CC)CC. The van der Waals surface area contributed by atoms with E-state index in [9.17, 15) is 0 Å². The van der Waals surface area contributed by atoms with E-state index in [1.807, 2.05) is 0 Å². The van der Waals surface area contributed by atoms with Crippen LogP contribution in [0, 0.1) is 0 Å². The van der Waals surface area contributed by atoms with Crippen molar-refractivity contribution in [2.75, 3.05) is 47.5 Å². The monoisotopic (exact) mass is 322 g/mol. The van der Waals surface area contributed by atoms with Crippen molar-refractivity contribution in [1.29, 1.82) is 0 Å². The third-order valence-corrected chi connectivity index (χ3v) is 14.6. The Labute approximate surface area is 127 Å². The quantitative estimate of drug-likeness (QED) is 0.545. The molecule has 0 rings (SSSR count). The highest BCUT2D eigenvalue weighted by Crippen LogP contribution is 2.27. The Bertz CT molecular complexity index is 238. The lowest BCUT2D eigenvalue weighted by atomic mass is 10.7. The summed E-state index contributed by atoms with van der Waals surface area (Å²) in [4.78, 5) is 0. The van der Waals surface area contributed by atoms with Gasteiger partial charge in [-0.25, -0.2) is 0 Å². The molecule has 0 aliphatic heterocycles. The fourth-order valence-electron chi connectivity index (χ4n) is 3.11. The molecule has 0 heterocycles. The molecule has 122 valence electrons. The van der Waals surface area contributed by atoms with Gasteiger partial charge < -0.3 is 22.4 Å². The Morgan fingerprint density at radius 1 is 0.700 bits per heavy atom. The molecule has 7 heteroatoms. The molecule has 0 aromatic heterocycles. The Hall–Kier alpha value is 0.234. The van der Waals surface area contributed by atoms with Gasteiger partial charge in [-0.3, -0.25) is 0 Å². The van der Waals surface area contributed by atoms with Gasteiger partial charge in [0, 0.05) is 27.0 Å². The molecule has 20 heavy (non-hydrogen) atoms. The summed E-state index contributed by atoms with van der Waals surface area (Å²) in [5.74, 6) is 0. The van der Waals surface area contributed by atoms with E-state index in [1.165, 1.54) is 0 Å². The molecule has 0 saturated heterocycles. The lowest BCUT2D eigenvalue weighted by Crippen LogP contribution is -2.68. The topological polar surface area (TPSA) is 34.2 Å². The molecule has 0 spiro atoms. The third kappa shape index (κ3) is 4.36. The van der Waals surface area contributed by atoms with E-state index in [0.29, 0.717) is 0 Å². The zero-order valence-electron chi connectivity index (χ0n) is 14.7. The molecule has 5 nitrogen and oxygen atoms in total. The van der Waals surface area contributed by atoms with E-state index in [2.05, 4.69) is 43.4 Å². The van der Waals surface area contributed by atoms with Gasteiger partial charge in [-0.15, -0.1) is 0 Å². The summed E-state index contributed by atoms with van der Waals surface area (Å²) in [7, 11) is 0.702. The molecule has 0 saturated carbocycles. The summed E-state index contributed by atoms with van der Waals surface area (Å²) in [6.07, 6.45) is 0. The Morgan fingerprint density at radius 3 is 1.20 bits per heavy atom. The molecule has 0 aromatic carbocycles. The van der Waals surface area contributed by atoms with E-state index in [-0.39, 0.29) is 0 Å². The minimum atomic E-state index is -2.57. The van der Waals surface area contributed by atoms with Crippen molar-refractivity contribution in [3.8, 4) is 0 Å². The normalized spacial score (nSPS) is 13.5. The van der Waals surface area contributed by atoms with Crippen LogP contribution in [0.5, 0.6) is 0 Å². The van der Waals surface area contributed by atoms with Crippen LogP contribution in [0.1, 0.15) is 27.7 Å². The molecule has 0 fully saturated rings. The molecule has 0 aliphatic rings. The summed E-state index contributed by atoms with van der Waals surface area (Å²) in [6.45, 7) is 15.5. The van der Waals surface area contributed by atoms with Crippen LogP contribution in [0.3, 0.4) is 0 Å². The van der Waals surface area contributed by atoms with Crippen LogP contribution in [0.2, 0.25) is 12.2 Å². The van der Waals surface area contributed by atoms with Crippen molar-refractivity contribution in [3.63, 3.8) is 0 Å². The molecule has 0 N–H and O–H groups in total. The zero-order valence-corrected chi connectivity index (χ0v) is 16.7. The predicted octanol–water partition coefficient (Wildman–Crippen LogP) is 2.16. The van der Waals surface area contributed by atoms with E-state index < -0.39 is 17.2 Å². The van der Waals surface area contributed by atoms with Crippen molar-refractivity contribution in [2.45, 2.75) is 39.9 Å². The summed E-state index contributed by atoms with van der Waals surface area (Å²) in [5.41, 5.74) is 0.896. The fraction of sp³-hybridized carbons (Fsp3) is 1.00. The molecule has 0 aromatic rings. The Balaban J connectivity index is 5.51. The second kappa shape index (κ2) is 9.29. The van der Waals surface area contributed by atoms with Gasteiger partial charge in [0.15, 0.2) is 0 Å². The summed E-state index contributed by atoms with van der Waals surface area (Å²) in [5, 5.41) is 0. The van der Waals surface area contributed by atoms with Gasteiger partial charge >= 0.3 is 8.80 Å². The molecule has 0 radical (unpaired) electrons. The average Bonchev–Trinajstić information content (AvgIpc) is 2.47. The molecule has 0 atom stereocenters. The first-order valence-corrected chi connectivity index (χ1v) is 12.1.